The summed E-state index contributed by atoms with van der Waals surface area (Å²) in [5, 5.41) is 18.9. The number of benzene rings is 2. The van der Waals surface area contributed by atoms with E-state index in [1.165, 1.54) is 13.2 Å². The molecule has 0 aliphatic rings. The van der Waals surface area contributed by atoms with E-state index in [4.69, 9.17) is 15.6 Å². The molecule has 2 aromatic heterocycles. The third kappa shape index (κ3) is 4.03. The fourth-order valence-corrected chi connectivity index (χ4v) is 6.27. The Morgan fingerprint density at radius 3 is 2.50 bits per heavy atom. The van der Waals surface area contributed by atoms with Gasteiger partial charge in [-0.1, -0.05) is 18.2 Å². The number of primary sulfonamides is 1. The van der Waals surface area contributed by atoms with Crippen molar-refractivity contribution in [3.8, 4) is 22.5 Å². The average Bonchev–Trinajstić information content (AvgIpc) is 3.46. The number of sulfonamides is 1. The summed E-state index contributed by atoms with van der Waals surface area (Å²) in [7, 11) is -7.58. The van der Waals surface area contributed by atoms with Gasteiger partial charge in [0.2, 0.25) is 21.7 Å². The van der Waals surface area contributed by atoms with Gasteiger partial charge in [-0.2, -0.15) is 5.21 Å². The number of carbonyl (C=O) groups excluding carboxylic acids is 1. The van der Waals surface area contributed by atoms with E-state index >= 15 is 0 Å². The predicted octanol–water partition coefficient (Wildman–Crippen LogP) is -0.424. The molecule has 0 fully saturated rings. The zero-order chi connectivity index (χ0) is 24.7. The Balaban J connectivity index is 2.14. The van der Waals surface area contributed by atoms with E-state index < -0.39 is 41.4 Å². The third-order valence-electron chi connectivity index (χ3n) is 4.88. The number of imidazole rings is 1. The Kier molecular flexibility index (Phi) is 5.90. The first-order chi connectivity index (χ1) is 16.1. The summed E-state index contributed by atoms with van der Waals surface area (Å²) >= 11 is 0. The van der Waals surface area contributed by atoms with Crippen LogP contribution in [-0.2, 0) is 24.6 Å². The molecule has 6 N–H and O–H groups in total. The number of rotatable bonds is 7. The minimum atomic E-state index is -4.63. The van der Waals surface area contributed by atoms with Crippen molar-refractivity contribution in [3.63, 3.8) is 0 Å². The van der Waals surface area contributed by atoms with Gasteiger partial charge in [0, 0.05) is 12.1 Å². The van der Waals surface area contributed by atoms with Gasteiger partial charge in [0.1, 0.15) is 4.90 Å². The molecular weight excluding hydrogens is 488 g/mol. The Morgan fingerprint density at radius 2 is 1.88 bits per heavy atom. The lowest BCUT2D eigenvalue weighted by Gasteiger charge is -2.16. The van der Waals surface area contributed by atoms with E-state index in [0.717, 1.165) is 6.07 Å². The molecule has 0 aliphatic carbocycles. The molecule has 0 radical (unpaired) electrons. The lowest BCUT2D eigenvalue weighted by Crippen LogP contribution is -2.22. The van der Waals surface area contributed by atoms with Gasteiger partial charge in [0.15, 0.2) is 9.84 Å². The van der Waals surface area contributed by atoms with Gasteiger partial charge < -0.3 is 15.5 Å². The SMILES string of the molecule is COC(=O)c1nc2c(-c3ccc(S(=O)(=O)CCN)c(S(N)(=O)=O)c3-c3nn[nH]n3)cccc2[nH]1. The van der Waals surface area contributed by atoms with E-state index in [2.05, 4.69) is 30.6 Å². The molecule has 16 heteroatoms. The fourth-order valence-electron chi connectivity index (χ4n) is 3.51. The van der Waals surface area contributed by atoms with Gasteiger partial charge in [-0.05, 0) is 22.9 Å². The number of hydrogen-bond acceptors (Lipinski definition) is 11. The largest absolute Gasteiger partial charge is 0.463 e. The van der Waals surface area contributed by atoms with Crippen molar-refractivity contribution in [2.24, 2.45) is 10.9 Å². The van der Waals surface area contributed by atoms with Crippen LogP contribution in [0.4, 0.5) is 0 Å². The minimum absolute atomic E-state index is 0.0834. The van der Waals surface area contributed by atoms with E-state index in [-0.39, 0.29) is 34.8 Å². The normalized spacial score (nSPS) is 12.2. The summed E-state index contributed by atoms with van der Waals surface area (Å²) in [5.74, 6) is -1.53. The van der Waals surface area contributed by atoms with Crippen LogP contribution in [0, 0.1) is 0 Å². The van der Waals surface area contributed by atoms with Crippen LogP contribution in [0.1, 0.15) is 10.6 Å². The second-order valence-corrected chi connectivity index (χ2v) is 10.6. The summed E-state index contributed by atoms with van der Waals surface area (Å²) in [4.78, 5) is 17.8. The number of nitrogens with zero attached hydrogens (tertiary/aromatic N) is 4. The van der Waals surface area contributed by atoms with Gasteiger partial charge in [0.25, 0.3) is 0 Å². The quantitative estimate of drug-likeness (QED) is 0.235. The first kappa shape index (κ1) is 23.4. The number of tetrazole rings is 1. The zero-order valence-corrected chi connectivity index (χ0v) is 19.1. The highest BCUT2D eigenvalue weighted by Crippen LogP contribution is 2.40. The maximum Gasteiger partial charge on any atom is 0.374 e. The van der Waals surface area contributed by atoms with Gasteiger partial charge in [0.05, 0.1) is 34.4 Å². The number of methoxy groups -OCH3 is 1. The monoisotopic (exact) mass is 506 g/mol. The van der Waals surface area contributed by atoms with Gasteiger partial charge in [-0.25, -0.2) is 31.8 Å². The van der Waals surface area contributed by atoms with E-state index in [9.17, 15) is 21.6 Å². The van der Waals surface area contributed by atoms with Crippen molar-refractivity contribution in [1.82, 2.24) is 30.6 Å². The second-order valence-electron chi connectivity index (χ2n) is 6.98. The van der Waals surface area contributed by atoms with Gasteiger partial charge in [-0.15, -0.1) is 10.2 Å². The molecule has 0 spiro atoms. The van der Waals surface area contributed by atoms with Crippen LogP contribution in [0.5, 0.6) is 0 Å². The second kappa shape index (κ2) is 8.56. The van der Waals surface area contributed by atoms with Crippen molar-refractivity contribution >= 4 is 36.9 Å². The van der Waals surface area contributed by atoms with Crippen LogP contribution in [0.3, 0.4) is 0 Å². The van der Waals surface area contributed by atoms with Crippen LogP contribution >= 0.6 is 0 Å². The molecule has 4 aromatic rings. The van der Waals surface area contributed by atoms with Crippen molar-refractivity contribution in [2.75, 3.05) is 19.4 Å². The smallest absolute Gasteiger partial charge is 0.374 e. The molecule has 0 saturated heterocycles. The topological polar surface area (TPSA) is 230 Å². The first-order valence-corrected chi connectivity index (χ1v) is 12.7. The summed E-state index contributed by atoms with van der Waals surface area (Å²) in [6.45, 7) is -0.241. The third-order valence-corrected chi connectivity index (χ3v) is 7.78. The zero-order valence-electron chi connectivity index (χ0n) is 17.5. The number of para-hydroxylation sites is 1. The molecule has 0 atom stereocenters. The number of ether oxygens (including phenoxy) is 1. The molecule has 2 aromatic carbocycles. The average molecular weight is 507 g/mol. The number of sulfone groups is 1. The maximum absolute atomic E-state index is 12.9. The molecule has 4 rings (SSSR count). The molecule has 0 bridgehead atoms. The standard InChI is InChI=1S/C18H18N8O6S2/c1-32-18(27)17-21-11-4-2-3-10(14(11)22-17)9-5-6-12(33(28,29)8-7-19)15(34(20,30)31)13(9)16-23-25-26-24-16/h2-6H,7-8,19H2,1H3,(H,21,22)(H2,20,30,31)(H,23,24,25,26). The molecule has 2 heterocycles. The first-order valence-electron chi connectivity index (χ1n) is 9.52. The summed E-state index contributed by atoms with van der Waals surface area (Å²) in [5.41, 5.74) is 6.46. The lowest BCUT2D eigenvalue weighted by molar-refractivity contribution is 0.0588. The molecule has 0 saturated carbocycles. The highest BCUT2D eigenvalue weighted by molar-refractivity contribution is 7.93. The van der Waals surface area contributed by atoms with Crippen LogP contribution in [0.25, 0.3) is 33.5 Å². The van der Waals surface area contributed by atoms with Crippen molar-refractivity contribution in [1.29, 1.82) is 0 Å². The highest BCUT2D eigenvalue weighted by atomic mass is 32.2. The lowest BCUT2D eigenvalue weighted by atomic mass is 9.98. The van der Waals surface area contributed by atoms with Crippen LogP contribution < -0.4 is 10.9 Å². The molecule has 0 unspecified atom stereocenters. The summed E-state index contributed by atoms with van der Waals surface area (Å²) < 4.78 is 55.8. The predicted molar refractivity (Wildman–Crippen MR) is 119 cm³/mol. The number of carbonyl (C=O) groups is 1. The van der Waals surface area contributed by atoms with E-state index in [1.54, 1.807) is 18.2 Å². The Morgan fingerprint density at radius 1 is 1.12 bits per heavy atom. The number of fused-ring (bicyclic) bond motifs is 1. The maximum atomic E-state index is 12.9. The van der Waals surface area contributed by atoms with Crippen molar-refractivity contribution < 1.29 is 26.4 Å². The highest BCUT2D eigenvalue weighted by Gasteiger charge is 2.32. The van der Waals surface area contributed by atoms with Crippen molar-refractivity contribution in [3.05, 3.63) is 36.2 Å². The Bertz CT molecular complexity index is 1610. The van der Waals surface area contributed by atoms with E-state index in [1.807, 2.05) is 0 Å². The van der Waals surface area contributed by atoms with Gasteiger partial charge >= 0.3 is 5.97 Å². The van der Waals surface area contributed by atoms with Crippen LogP contribution in [0.15, 0.2) is 40.1 Å². The number of aromatic nitrogens is 6. The Labute approximate surface area is 192 Å². The Hall–Kier alpha value is -3.73. The number of nitrogens with one attached hydrogen (secondary N) is 2. The molecule has 34 heavy (non-hydrogen) atoms. The number of hydrogen-bond donors (Lipinski definition) is 4. The van der Waals surface area contributed by atoms with E-state index in [0.29, 0.717) is 11.1 Å². The minimum Gasteiger partial charge on any atom is -0.463 e. The molecule has 178 valence electrons. The number of aromatic amines is 2. The molecular formula is C18H18N8O6S2. The van der Waals surface area contributed by atoms with Crippen LogP contribution in [-0.4, -0.2) is 72.8 Å². The molecule has 14 nitrogen and oxygen atoms in total. The molecule has 0 aliphatic heterocycles. The van der Waals surface area contributed by atoms with Crippen LogP contribution in [0.2, 0.25) is 0 Å². The van der Waals surface area contributed by atoms with Crippen molar-refractivity contribution in [2.45, 2.75) is 9.79 Å². The molecule has 0 amide bonds. The number of H-pyrrole nitrogens is 2. The van der Waals surface area contributed by atoms with Gasteiger partial charge in [-0.3, -0.25) is 0 Å². The summed E-state index contributed by atoms with van der Waals surface area (Å²) in [6.07, 6.45) is 0. The summed E-state index contributed by atoms with van der Waals surface area (Å²) in [6, 6.07) is 7.38. The number of esters is 1. The number of nitrogens with two attached hydrogens (primary N) is 2. The fraction of sp³-hybridized carbons (Fsp3) is 0.167.